The lowest BCUT2D eigenvalue weighted by Gasteiger charge is -2.28. The van der Waals surface area contributed by atoms with Crippen LogP contribution in [0.2, 0.25) is 0 Å². The van der Waals surface area contributed by atoms with E-state index in [1.54, 1.807) is 13.0 Å². The van der Waals surface area contributed by atoms with Crippen molar-refractivity contribution in [2.75, 3.05) is 6.61 Å². The molecule has 0 aliphatic rings. The minimum Gasteiger partial charge on any atom is -0.480 e. The van der Waals surface area contributed by atoms with Gasteiger partial charge in [0.05, 0.1) is 6.61 Å². The SMILES string of the molecule is CCCCCC(=O)Oc1ccc(CC(N)(C[C@H](C)OC(=O)OCC)C(=O)O)cc1OC(=O)CCCCC. The molecule has 10 nitrogen and oxygen atoms in total. The van der Waals surface area contributed by atoms with E-state index in [-0.39, 0.29) is 43.8 Å². The van der Waals surface area contributed by atoms with Crippen LogP contribution in [-0.4, -0.2) is 47.4 Å². The topological polar surface area (TPSA) is 151 Å². The molecule has 0 saturated heterocycles. The number of carbonyl (C=O) groups excluding carboxylic acids is 3. The van der Waals surface area contributed by atoms with Gasteiger partial charge in [-0.15, -0.1) is 0 Å². The summed E-state index contributed by atoms with van der Waals surface area (Å²) >= 11 is 0. The second kappa shape index (κ2) is 16.6. The number of esters is 2. The molecule has 0 radical (unpaired) electrons. The van der Waals surface area contributed by atoms with Gasteiger partial charge in [0.2, 0.25) is 0 Å². The zero-order chi connectivity index (χ0) is 27.8. The number of ether oxygens (including phenoxy) is 4. The molecule has 0 fully saturated rings. The van der Waals surface area contributed by atoms with E-state index >= 15 is 0 Å². The Morgan fingerprint density at radius 2 is 1.49 bits per heavy atom. The van der Waals surface area contributed by atoms with Crippen LogP contribution in [0, 0.1) is 0 Å². The number of carbonyl (C=O) groups is 4. The van der Waals surface area contributed by atoms with Gasteiger partial charge in [0.1, 0.15) is 11.6 Å². The Morgan fingerprint density at radius 1 is 0.919 bits per heavy atom. The molecule has 37 heavy (non-hydrogen) atoms. The second-order valence-electron chi connectivity index (χ2n) is 9.10. The summed E-state index contributed by atoms with van der Waals surface area (Å²) in [6.45, 7) is 7.31. The molecule has 3 N–H and O–H groups in total. The first-order valence-corrected chi connectivity index (χ1v) is 12.9. The molecule has 1 aromatic rings. The fourth-order valence-corrected chi connectivity index (χ4v) is 3.68. The fourth-order valence-electron chi connectivity index (χ4n) is 3.68. The third kappa shape index (κ3) is 12.1. The Bertz CT molecular complexity index is 902. The highest BCUT2D eigenvalue weighted by molar-refractivity contribution is 5.79. The molecular weight excluding hydrogens is 482 g/mol. The first-order valence-electron chi connectivity index (χ1n) is 12.9. The lowest BCUT2D eigenvalue weighted by atomic mass is 9.86. The number of carboxylic acids is 1. The summed E-state index contributed by atoms with van der Waals surface area (Å²) in [7, 11) is 0. The average molecular weight is 524 g/mol. The van der Waals surface area contributed by atoms with Gasteiger partial charge >= 0.3 is 24.1 Å². The van der Waals surface area contributed by atoms with Crippen molar-refractivity contribution >= 4 is 24.1 Å². The van der Waals surface area contributed by atoms with Gasteiger partial charge in [-0.05, 0) is 44.4 Å². The zero-order valence-electron chi connectivity index (χ0n) is 22.4. The Hall–Kier alpha value is -3.14. The summed E-state index contributed by atoms with van der Waals surface area (Å²) < 4.78 is 20.8. The van der Waals surface area contributed by atoms with Crippen molar-refractivity contribution in [3.63, 3.8) is 0 Å². The molecule has 208 valence electrons. The van der Waals surface area contributed by atoms with Gasteiger partial charge in [-0.1, -0.05) is 45.6 Å². The van der Waals surface area contributed by atoms with Crippen LogP contribution in [0.5, 0.6) is 11.5 Å². The largest absolute Gasteiger partial charge is 0.508 e. The smallest absolute Gasteiger partial charge is 0.480 e. The van der Waals surface area contributed by atoms with E-state index in [0.29, 0.717) is 18.4 Å². The van der Waals surface area contributed by atoms with E-state index in [0.717, 1.165) is 25.7 Å². The number of carboxylic acid groups (broad SMARTS) is 1. The highest BCUT2D eigenvalue weighted by Gasteiger charge is 2.37. The highest BCUT2D eigenvalue weighted by atomic mass is 16.7. The van der Waals surface area contributed by atoms with Gasteiger partial charge in [0.15, 0.2) is 11.5 Å². The van der Waals surface area contributed by atoms with Crippen LogP contribution in [0.4, 0.5) is 4.79 Å². The fraction of sp³-hybridized carbons (Fsp3) is 0.630. The summed E-state index contributed by atoms with van der Waals surface area (Å²) in [6, 6.07) is 4.47. The molecule has 2 atom stereocenters. The van der Waals surface area contributed by atoms with Gasteiger partial charge in [-0.25, -0.2) is 4.79 Å². The number of nitrogens with two attached hydrogens (primary N) is 1. The second-order valence-corrected chi connectivity index (χ2v) is 9.10. The van der Waals surface area contributed by atoms with E-state index in [9.17, 15) is 24.3 Å². The summed E-state index contributed by atoms with van der Waals surface area (Å²) in [5, 5.41) is 9.84. The molecule has 0 saturated carbocycles. The van der Waals surface area contributed by atoms with E-state index in [4.69, 9.17) is 24.7 Å². The standard InChI is InChI=1S/C27H41NO9/c1-5-8-10-12-23(29)36-21-15-14-20(16-22(21)37-24(30)13-11-9-6-2)18-27(28,25(31)32)17-19(4)35-26(33)34-7-3/h14-16,19H,5-13,17-18,28H2,1-4H3,(H,31,32)/t19-,27?/m0/s1. The first kappa shape index (κ1) is 31.9. The first-order chi connectivity index (χ1) is 17.5. The van der Waals surface area contributed by atoms with Gasteiger partial charge in [0.25, 0.3) is 0 Å². The van der Waals surface area contributed by atoms with E-state index < -0.39 is 35.7 Å². The maximum atomic E-state index is 12.4. The molecule has 1 unspecified atom stereocenters. The number of hydrogen-bond acceptors (Lipinski definition) is 9. The van der Waals surface area contributed by atoms with E-state index in [1.807, 2.05) is 13.8 Å². The maximum absolute atomic E-state index is 12.4. The lowest BCUT2D eigenvalue weighted by molar-refractivity contribution is -0.144. The Balaban J connectivity index is 3.12. The Morgan fingerprint density at radius 3 is 2.00 bits per heavy atom. The van der Waals surface area contributed by atoms with Crippen molar-refractivity contribution in [3.05, 3.63) is 23.8 Å². The van der Waals surface area contributed by atoms with Crippen molar-refractivity contribution in [1.82, 2.24) is 0 Å². The highest BCUT2D eigenvalue weighted by Crippen LogP contribution is 2.31. The van der Waals surface area contributed by atoms with Crippen molar-refractivity contribution in [1.29, 1.82) is 0 Å². The van der Waals surface area contributed by atoms with Crippen molar-refractivity contribution in [2.45, 2.75) is 104 Å². The monoisotopic (exact) mass is 523 g/mol. The van der Waals surface area contributed by atoms with Crippen LogP contribution >= 0.6 is 0 Å². The van der Waals surface area contributed by atoms with Gasteiger partial charge in [0, 0.05) is 25.7 Å². The summed E-state index contributed by atoms with van der Waals surface area (Å²) in [5.74, 6) is -2.13. The third-order valence-electron chi connectivity index (χ3n) is 5.58. The molecule has 0 heterocycles. The quantitative estimate of drug-likeness (QED) is 0.163. The molecule has 0 bridgehead atoms. The number of benzene rings is 1. The van der Waals surface area contributed by atoms with E-state index in [2.05, 4.69) is 0 Å². The number of unbranched alkanes of at least 4 members (excludes halogenated alkanes) is 4. The normalized spacial score (nSPS) is 13.2. The van der Waals surface area contributed by atoms with Gasteiger partial charge < -0.3 is 29.8 Å². The molecule has 0 aliphatic carbocycles. The minimum atomic E-state index is -1.80. The third-order valence-corrected chi connectivity index (χ3v) is 5.58. The number of rotatable bonds is 17. The zero-order valence-corrected chi connectivity index (χ0v) is 22.4. The van der Waals surface area contributed by atoms with Crippen LogP contribution in [0.25, 0.3) is 0 Å². The molecule has 0 amide bonds. The van der Waals surface area contributed by atoms with Crippen LogP contribution in [0.15, 0.2) is 18.2 Å². The van der Waals surface area contributed by atoms with Crippen LogP contribution < -0.4 is 15.2 Å². The summed E-state index contributed by atoms with van der Waals surface area (Å²) in [4.78, 5) is 48.3. The number of aliphatic carboxylic acids is 1. The van der Waals surface area contributed by atoms with Crippen LogP contribution in [0.1, 0.15) is 91.0 Å². The van der Waals surface area contributed by atoms with E-state index in [1.165, 1.54) is 19.1 Å². The summed E-state index contributed by atoms with van der Waals surface area (Å²) in [6.07, 6.45) is 3.31. The maximum Gasteiger partial charge on any atom is 0.508 e. The molecular formula is C27H41NO9. The Kier molecular flexibility index (Phi) is 14.3. The van der Waals surface area contributed by atoms with Crippen molar-refractivity contribution in [2.24, 2.45) is 5.73 Å². The molecule has 1 aromatic carbocycles. The molecule has 1 rings (SSSR count). The van der Waals surface area contributed by atoms with Gasteiger partial charge in [-0.3, -0.25) is 14.4 Å². The molecule has 0 spiro atoms. The predicted molar refractivity (Wildman–Crippen MR) is 136 cm³/mol. The summed E-state index contributed by atoms with van der Waals surface area (Å²) in [5.41, 5.74) is 4.86. The molecule has 0 aliphatic heterocycles. The lowest BCUT2D eigenvalue weighted by Crippen LogP contribution is -2.52. The van der Waals surface area contributed by atoms with Crippen molar-refractivity contribution < 1.29 is 43.2 Å². The molecule has 0 aromatic heterocycles. The Labute approximate surface area is 218 Å². The van der Waals surface area contributed by atoms with Gasteiger partial charge in [-0.2, -0.15) is 0 Å². The average Bonchev–Trinajstić information content (AvgIpc) is 2.81. The van der Waals surface area contributed by atoms with Crippen molar-refractivity contribution in [3.8, 4) is 11.5 Å². The van der Waals surface area contributed by atoms with Crippen LogP contribution in [-0.2, 0) is 30.3 Å². The molecule has 10 heteroatoms. The predicted octanol–water partition coefficient (Wildman–Crippen LogP) is 4.93. The van der Waals surface area contributed by atoms with Crippen LogP contribution in [0.3, 0.4) is 0 Å². The minimum absolute atomic E-state index is 0.0198. The number of hydrogen-bond donors (Lipinski definition) is 2.